The minimum absolute atomic E-state index is 0.111. The van der Waals surface area contributed by atoms with Gasteiger partial charge in [-0.25, -0.2) is 4.79 Å². The van der Waals surface area contributed by atoms with E-state index in [2.05, 4.69) is 16.0 Å². The Labute approximate surface area is 150 Å². The number of carbonyl (C=O) groups is 1. The molecule has 0 unspecified atom stereocenters. The zero-order valence-electron chi connectivity index (χ0n) is 14.4. The molecule has 8 heteroatoms. The summed E-state index contributed by atoms with van der Waals surface area (Å²) in [5, 5.41) is 8.12. The molecular formula is C18H19N5O3. The van der Waals surface area contributed by atoms with Crippen LogP contribution < -0.4 is 16.7 Å². The van der Waals surface area contributed by atoms with Crippen molar-refractivity contribution in [2.75, 3.05) is 0 Å². The summed E-state index contributed by atoms with van der Waals surface area (Å²) < 4.78 is 0. The van der Waals surface area contributed by atoms with Crippen LogP contribution in [-0.4, -0.2) is 11.8 Å². The number of oxime groups is 1. The highest BCUT2D eigenvalue weighted by Crippen LogP contribution is 2.26. The van der Waals surface area contributed by atoms with Crippen molar-refractivity contribution in [3.8, 4) is 0 Å². The van der Waals surface area contributed by atoms with E-state index in [4.69, 9.17) is 15.5 Å². The van der Waals surface area contributed by atoms with Crippen LogP contribution in [-0.2, 0) is 9.78 Å². The van der Waals surface area contributed by atoms with Crippen LogP contribution in [0.1, 0.15) is 21.5 Å². The second-order valence-electron chi connectivity index (χ2n) is 5.72. The minimum Gasteiger partial charge on any atom is -0.605 e. The first-order valence-corrected chi connectivity index (χ1v) is 7.93. The van der Waals surface area contributed by atoms with Gasteiger partial charge in [-0.05, 0) is 31.1 Å². The number of nitrogens with two attached hydrogens (primary N) is 2. The van der Waals surface area contributed by atoms with Crippen molar-refractivity contribution >= 4 is 17.5 Å². The van der Waals surface area contributed by atoms with Gasteiger partial charge in [0.1, 0.15) is 5.82 Å². The molecule has 0 amide bonds. The SMILES string of the molecule is Cc1ccc(C(=O)O[NH2+]C([N-]c2ccccc2C)=C2NON=C2N)cc1. The van der Waals surface area contributed by atoms with Crippen LogP contribution in [0.3, 0.4) is 0 Å². The molecule has 5 N–H and O–H groups in total. The molecule has 0 saturated carbocycles. The van der Waals surface area contributed by atoms with Crippen molar-refractivity contribution < 1.29 is 20.1 Å². The van der Waals surface area contributed by atoms with Crippen molar-refractivity contribution in [1.82, 2.24) is 5.48 Å². The molecule has 0 radical (unpaired) electrons. The number of para-hydroxylation sites is 1. The molecule has 0 atom stereocenters. The average molecular weight is 353 g/mol. The van der Waals surface area contributed by atoms with E-state index in [1.54, 1.807) is 12.1 Å². The number of hydrogen-bond donors (Lipinski definition) is 3. The van der Waals surface area contributed by atoms with E-state index in [0.717, 1.165) is 11.1 Å². The predicted molar refractivity (Wildman–Crippen MR) is 95.6 cm³/mol. The van der Waals surface area contributed by atoms with E-state index in [9.17, 15) is 4.79 Å². The molecule has 0 fully saturated rings. The van der Waals surface area contributed by atoms with Gasteiger partial charge < -0.3 is 11.1 Å². The van der Waals surface area contributed by atoms with Crippen molar-refractivity contribution in [2.45, 2.75) is 13.8 Å². The Morgan fingerprint density at radius 3 is 2.58 bits per heavy atom. The summed E-state index contributed by atoms with van der Waals surface area (Å²) in [5.74, 6) is -0.101. The van der Waals surface area contributed by atoms with Crippen LogP contribution in [0.25, 0.3) is 5.32 Å². The number of hydroxylamine groups is 2. The lowest BCUT2D eigenvalue weighted by atomic mass is 10.2. The van der Waals surface area contributed by atoms with Gasteiger partial charge in [-0.3, -0.25) is 9.78 Å². The number of carbonyl (C=O) groups excluding carboxylic acids is 1. The van der Waals surface area contributed by atoms with Gasteiger partial charge in [0.05, 0.1) is 5.56 Å². The maximum atomic E-state index is 12.2. The van der Waals surface area contributed by atoms with E-state index in [-0.39, 0.29) is 5.84 Å². The second-order valence-corrected chi connectivity index (χ2v) is 5.72. The molecule has 134 valence electrons. The van der Waals surface area contributed by atoms with Crippen LogP contribution in [0.15, 0.2) is 65.2 Å². The Kier molecular flexibility index (Phi) is 5.04. The van der Waals surface area contributed by atoms with Crippen molar-refractivity contribution in [3.05, 3.63) is 82.1 Å². The number of hydrogen-bond acceptors (Lipinski definition) is 6. The number of amidine groups is 1. The van der Waals surface area contributed by atoms with Crippen molar-refractivity contribution in [2.24, 2.45) is 10.9 Å². The number of nitrogens with one attached hydrogen (secondary N) is 1. The molecular weight excluding hydrogens is 334 g/mol. The first-order valence-electron chi connectivity index (χ1n) is 7.93. The smallest absolute Gasteiger partial charge is 0.397 e. The van der Waals surface area contributed by atoms with Gasteiger partial charge in [-0.15, -0.1) is 11.2 Å². The Morgan fingerprint density at radius 2 is 1.92 bits per heavy atom. The Morgan fingerprint density at radius 1 is 1.19 bits per heavy atom. The molecule has 0 aromatic heterocycles. The summed E-state index contributed by atoms with van der Waals surface area (Å²) in [6.45, 7) is 3.87. The Hall–Kier alpha value is -3.52. The molecule has 0 aliphatic carbocycles. The standard InChI is InChI=1S/C18H18N5O3/c1-11-7-9-13(10-8-11)18(24)25-23-17(15-16(19)22-26-21-15)20-14-6-4-3-5-12(14)2/h3-10,21H,1-2H3,(H3-,19,20,22,23)/q-1/p+1. The van der Waals surface area contributed by atoms with E-state index >= 15 is 0 Å². The molecule has 3 rings (SSSR count). The lowest BCUT2D eigenvalue weighted by Crippen LogP contribution is -2.82. The molecule has 0 saturated heterocycles. The molecule has 2 aromatic carbocycles. The van der Waals surface area contributed by atoms with Crippen LogP contribution in [0.5, 0.6) is 0 Å². The monoisotopic (exact) mass is 353 g/mol. The molecule has 0 bridgehead atoms. The number of aryl methyl sites for hydroxylation is 2. The third-order valence-corrected chi connectivity index (χ3v) is 3.73. The lowest BCUT2D eigenvalue weighted by molar-refractivity contribution is -0.833. The number of quaternary nitrogens is 1. The van der Waals surface area contributed by atoms with Crippen LogP contribution in [0.2, 0.25) is 0 Å². The summed E-state index contributed by atoms with van der Waals surface area (Å²) in [7, 11) is 0. The molecule has 1 heterocycles. The van der Waals surface area contributed by atoms with E-state index in [0.29, 0.717) is 22.8 Å². The Balaban J connectivity index is 1.79. The third kappa shape index (κ3) is 3.93. The molecule has 8 nitrogen and oxygen atoms in total. The van der Waals surface area contributed by atoms with Gasteiger partial charge in [0.15, 0.2) is 11.5 Å². The number of benzene rings is 2. The Bertz CT molecular complexity index is 875. The molecule has 1 aliphatic heterocycles. The van der Waals surface area contributed by atoms with Crippen LogP contribution in [0.4, 0.5) is 5.69 Å². The zero-order valence-corrected chi connectivity index (χ0v) is 14.4. The largest absolute Gasteiger partial charge is 0.605 e. The highest BCUT2D eigenvalue weighted by molar-refractivity contribution is 5.97. The number of nitrogens with zero attached hydrogens (tertiary/aromatic N) is 2. The van der Waals surface area contributed by atoms with Gasteiger partial charge >= 0.3 is 5.97 Å². The fourth-order valence-electron chi connectivity index (χ4n) is 2.23. The normalized spacial score (nSPS) is 14.8. The van der Waals surface area contributed by atoms with Crippen LogP contribution in [0, 0.1) is 13.8 Å². The molecule has 0 spiro atoms. The van der Waals surface area contributed by atoms with Gasteiger partial charge in [-0.2, -0.15) is 5.48 Å². The first kappa shape index (κ1) is 17.3. The topological polar surface area (TPSA) is 117 Å². The molecule has 1 aliphatic rings. The summed E-state index contributed by atoms with van der Waals surface area (Å²) in [6.07, 6.45) is 0. The van der Waals surface area contributed by atoms with E-state index < -0.39 is 5.97 Å². The van der Waals surface area contributed by atoms with E-state index in [1.807, 2.05) is 50.2 Å². The molecule has 2 aromatic rings. The summed E-state index contributed by atoms with van der Waals surface area (Å²) >= 11 is 0. The van der Waals surface area contributed by atoms with E-state index in [1.165, 1.54) is 5.48 Å². The van der Waals surface area contributed by atoms with Gasteiger partial charge in [0.25, 0.3) is 0 Å². The first-order chi connectivity index (χ1) is 12.5. The predicted octanol–water partition coefficient (Wildman–Crippen LogP) is 1.62. The zero-order chi connectivity index (χ0) is 18.5. The highest BCUT2D eigenvalue weighted by Gasteiger charge is 2.18. The fourth-order valence-corrected chi connectivity index (χ4v) is 2.23. The quantitative estimate of drug-likeness (QED) is 0.706. The third-order valence-electron chi connectivity index (χ3n) is 3.73. The summed E-state index contributed by atoms with van der Waals surface area (Å²) in [4.78, 5) is 22.3. The average Bonchev–Trinajstić information content (AvgIpc) is 3.06. The highest BCUT2D eigenvalue weighted by atomic mass is 16.8. The van der Waals surface area contributed by atoms with Gasteiger partial charge in [0, 0.05) is 0 Å². The maximum Gasteiger partial charge on any atom is 0.397 e. The van der Waals surface area contributed by atoms with Crippen molar-refractivity contribution in [3.63, 3.8) is 0 Å². The van der Waals surface area contributed by atoms with Gasteiger partial charge in [0.2, 0.25) is 0 Å². The van der Waals surface area contributed by atoms with Gasteiger partial charge in [-0.1, -0.05) is 47.5 Å². The molecule has 26 heavy (non-hydrogen) atoms. The summed E-state index contributed by atoms with van der Waals surface area (Å²) in [5.41, 5.74) is 13.0. The maximum absolute atomic E-state index is 12.2. The van der Waals surface area contributed by atoms with Crippen LogP contribution >= 0.6 is 0 Å². The second kappa shape index (κ2) is 7.58. The number of rotatable bonds is 5. The fraction of sp³-hybridized carbons (Fsp3) is 0.111. The van der Waals surface area contributed by atoms with Crippen molar-refractivity contribution in [1.29, 1.82) is 0 Å². The summed E-state index contributed by atoms with van der Waals surface area (Å²) in [6, 6.07) is 14.6. The minimum atomic E-state index is -0.502. The lowest BCUT2D eigenvalue weighted by Gasteiger charge is -2.24.